The second-order valence-corrected chi connectivity index (χ2v) is 7.63. The van der Waals surface area contributed by atoms with Gasteiger partial charge < -0.3 is 10.5 Å². The number of nitrogen functional groups attached to an aromatic ring is 1. The van der Waals surface area contributed by atoms with Gasteiger partial charge >= 0.3 is 0 Å². The highest BCUT2D eigenvalue weighted by molar-refractivity contribution is 7.99. The lowest BCUT2D eigenvalue weighted by atomic mass is 10.3. The first-order valence-electron chi connectivity index (χ1n) is 6.46. The lowest BCUT2D eigenvalue weighted by molar-refractivity contribution is 0.415. The zero-order chi connectivity index (χ0) is 14.8. The van der Waals surface area contributed by atoms with E-state index in [1.807, 2.05) is 6.26 Å². The van der Waals surface area contributed by atoms with E-state index < -0.39 is 10.0 Å². The predicted molar refractivity (Wildman–Crippen MR) is 82.7 cm³/mol. The fraction of sp³-hybridized carbons (Fsp3) is 0.538. The van der Waals surface area contributed by atoms with Crippen molar-refractivity contribution in [1.82, 2.24) is 4.72 Å². The zero-order valence-electron chi connectivity index (χ0n) is 11.6. The number of methoxy groups -OCH3 is 1. The maximum Gasteiger partial charge on any atom is 0.240 e. The van der Waals surface area contributed by atoms with Crippen LogP contribution in [0.3, 0.4) is 0 Å². The molecule has 7 heteroatoms. The summed E-state index contributed by atoms with van der Waals surface area (Å²) in [6, 6.07) is 4.51. The second kappa shape index (κ2) is 6.24. The molecule has 0 saturated heterocycles. The van der Waals surface area contributed by atoms with Crippen molar-refractivity contribution >= 4 is 27.5 Å². The first-order chi connectivity index (χ1) is 9.47. The maximum atomic E-state index is 12.4. The molecule has 1 aromatic carbocycles. The molecule has 5 nitrogen and oxygen atoms in total. The van der Waals surface area contributed by atoms with Crippen molar-refractivity contribution in [3.63, 3.8) is 0 Å². The molecule has 1 aromatic rings. The van der Waals surface area contributed by atoms with Crippen molar-refractivity contribution in [3.05, 3.63) is 18.2 Å². The zero-order valence-corrected chi connectivity index (χ0v) is 13.3. The lowest BCUT2D eigenvalue weighted by Gasteiger charge is -2.19. The molecule has 0 spiro atoms. The van der Waals surface area contributed by atoms with Gasteiger partial charge in [-0.1, -0.05) is 6.42 Å². The molecule has 0 radical (unpaired) electrons. The molecule has 2 unspecified atom stereocenters. The third-order valence-electron chi connectivity index (χ3n) is 3.58. The van der Waals surface area contributed by atoms with Crippen LogP contribution < -0.4 is 15.2 Å². The monoisotopic (exact) mass is 316 g/mol. The molecular weight excluding hydrogens is 296 g/mol. The summed E-state index contributed by atoms with van der Waals surface area (Å²) >= 11 is 1.71. The summed E-state index contributed by atoms with van der Waals surface area (Å²) in [5.41, 5.74) is 6.13. The number of hydrogen-bond acceptors (Lipinski definition) is 5. The SMILES string of the molecule is COc1cc(S(=O)(=O)NC2CCCC2SC)ccc1N. The average molecular weight is 316 g/mol. The molecule has 1 aliphatic rings. The highest BCUT2D eigenvalue weighted by atomic mass is 32.2. The minimum absolute atomic E-state index is 0.00134. The molecule has 0 amide bonds. The smallest absolute Gasteiger partial charge is 0.240 e. The van der Waals surface area contributed by atoms with Crippen molar-refractivity contribution in [1.29, 1.82) is 0 Å². The molecule has 2 rings (SSSR count). The van der Waals surface area contributed by atoms with Crippen molar-refractivity contribution in [2.45, 2.75) is 35.4 Å². The van der Waals surface area contributed by atoms with Gasteiger partial charge in [0.25, 0.3) is 0 Å². The number of benzene rings is 1. The third-order valence-corrected chi connectivity index (χ3v) is 6.23. The van der Waals surface area contributed by atoms with Crippen LogP contribution in [0.15, 0.2) is 23.1 Å². The number of anilines is 1. The quantitative estimate of drug-likeness (QED) is 0.810. The molecule has 0 heterocycles. The number of nitrogens with two attached hydrogens (primary N) is 1. The van der Waals surface area contributed by atoms with Gasteiger partial charge in [0.2, 0.25) is 10.0 Å². The van der Waals surface area contributed by atoms with Gasteiger partial charge in [-0.2, -0.15) is 11.8 Å². The molecule has 2 atom stereocenters. The maximum absolute atomic E-state index is 12.4. The summed E-state index contributed by atoms with van der Waals surface area (Å²) in [5, 5.41) is 0.348. The molecule has 0 aliphatic heterocycles. The van der Waals surface area contributed by atoms with Gasteiger partial charge in [-0.15, -0.1) is 0 Å². The normalized spacial score (nSPS) is 22.9. The van der Waals surface area contributed by atoms with E-state index in [0.29, 0.717) is 16.7 Å². The Balaban J connectivity index is 2.22. The number of rotatable bonds is 5. The van der Waals surface area contributed by atoms with E-state index in [1.54, 1.807) is 17.8 Å². The summed E-state index contributed by atoms with van der Waals surface area (Å²) in [5.74, 6) is 0.376. The number of thioether (sulfide) groups is 1. The Bertz CT molecular complexity index is 575. The van der Waals surface area contributed by atoms with Crippen molar-refractivity contribution in [2.75, 3.05) is 19.1 Å². The first kappa shape index (κ1) is 15.5. The first-order valence-corrected chi connectivity index (χ1v) is 9.23. The molecule has 0 aromatic heterocycles. The van der Waals surface area contributed by atoms with Gasteiger partial charge in [0.1, 0.15) is 5.75 Å². The van der Waals surface area contributed by atoms with Crippen LogP contribution in [0.1, 0.15) is 19.3 Å². The fourth-order valence-corrected chi connectivity index (χ4v) is 4.82. The lowest BCUT2D eigenvalue weighted by Crippen LogP contribution is -2.38. The van der Waals surface area contributed by atoms with Gasteiger partial charge in [0, 0.05) is 17.4 Å². The van der Waals surface area contributed by atoms with Crippen LogP contribution in [-0.2, 0) is 10.0 Å². The predicted octanol–water partition coefficient (Wildman–Crippen LogP) is 1.84. The van der Waals surface area contributed by atoms with Crippen LogP contribution in [0.4, 0.5) is 5.69 Å². The van der Waals surface area contributed by atoms with E-state index in [2.05, 4.69) is 4.72 Å². The number of sulfonamides is 1. The molecule has 20 heavy (non-hydrogen) atoms. The van der Waals surface area contributed by atoms with E-state index in [4.69, 9.17) is 10.5 Å². The minimum atomic E-state index is -3.53. The Morgan fingerprint density at radius 2 is 2.15 bits per heavy atom. The van der Waals surface area contributed by atoms with Crippen LogP contribution in [0, 0.1) is 0 Å². The Morgan fingerprint density at radius 3 is 2.80 bits per heavy atom. The van der Waals surface area contributed by atoms with Gasteiger partial charge in [-0.3, -0.25) is 0 Å². The number of ether oxygens (including phenoxy) is 1. The molecule has 3 N–H and O–H groups in total. The third kappa shape index (κ3) is 3.21. The molecular formula is C13H20N2O3S2. The van der Waals surface area contributed by atoms with Gasteiger partial charge in [0.05, 0.1) is 17.7 Å². The van der Waals surface area contributed by atoms with Crippen LogP contribution >= 0.6 is 11.8 Å². The van der Waals surface area contributed by atoms with E-state index in [-0.39, 0.29) is 10.9 Å². The van der Waals surface area contributed by atoms with E-state index >= 15 is 0 Å². The van der Waals surface area contributed by atoms with E-state index in [1.165, 1.54) is 19.2 Å². The average Bonchev–Trinajstić information content (AvgIpc) is 2.85. The standard InChI is InChI=1S/C13H20N2O3S2/c1-18-12-8-9(6-7-10(12)14)20(16,17)15-11-4-3-5-13(11)19-2/h6-8,11,13,15H,3-5,14H2,1-2H3. The van der Waals surface area contributed by atoms with Crippen LogP contribution in [0.25, 0.3) is 0 Å². The Morgan fingerprint density at radius 1 is 1.40 bits per heavy atom. The van der Waals surface area contributed by atoms with Crippen molar-refractivity contribution in [2.24, 2.45) is 0 Å². The summed E-state index contributed by atoms with van der Waals surface area (Å²) in [6.45, 7) is 0. The Kier molecular flexibility index (Phi) is 4.82. The van der Waals surface area contributed by atoms with Crippen molar-refractivity contribution < 1.29 is 13.2 Å². The Hall–Kier alpha value is -0.920. The summed E-state index contributed by atoms with van der Waals surface area (Å²) in [4.78, 5) is 0.190. The molecule has 1 saturated carbocycles. The van der Waals surface area contributed by atoms with Crippen LogP contribution in [-0.4, -0.2) is 33.1 Å². The molecule has 1 aliphatic carbocycles. The summed E-state index contributed by atoms with van der Waals surface area (Å²) in [7, 11) is -2.07. The topological polar surface area (TPSA) is 81.4 Å². The fourth-order valence-electron chi connectivity index (χ4n) is 2.47. The Labute approximate surface area is 124 Å². The second-order valence-electron chi connectivity index (χ2n) is 4.84. The van der Waals surface area contributed by atoms with Gasteiger partial charge in [-0.25, -0.2) is 13.1 Å². The minimum Gasteiger partial charge on any atom is -0.495 e. The summed E-state index contributed by atoms with van der Waals surface area (Å²) in [6.07, 6.45) is 5.02. The van der Waals surface area contributed by atoms with Crippen molar-refractivity contribution in [3.8, 4) is 5.75 Å². The highest BCUT2D eigenvalue weighted by Crippen LogP contribution is 2.30. The number of hydrogen-bond donors (Lipinski definition) is 2. The largest absolute Gasteiger partial charge is 0.495 e. The van der Waals surface area contributed by atoms with E-state index in [9.17, 15) is 8.42 Å². The van der Waals surface area contributed by atoms with Crippen LogP contribution in [0.2, 0.25) is 0 Å². The molecule has 1 fully saturated rings. The van der Waals surface area contributed by atoms with Crippen LogP contribution in [0.5, 0.6) is 5.75 Å². The van der Waals surface area contributed by atoms with Gasteiger partial charge in [0.15, 0.2) is 0 Å². The van der Waals surface area contributed by atoms with E-state index in [0.717, 1.165) is 19.3 Å². The van der Waals surface area contributed by atoms with Gasteiger partial charge in [-0.05, 0) is 31.2 Å². The molecule has 0 bridgehead atoms. The highest BCUT2D eigenvalue weighted by Gasteiger charge is 2.30. The summed E-state index contributed by atoms with van der Waals surface area (Å²) < 4.78 is 32.7. The number of nitrogens with one attached hydrogen (secondary N) is 1. The molecule has 112 valence electrons.